The number of carbonyl (C=O) groups excluding carboxylic acids is 1. The SMILES string of the molecule is NCC(=O)N(Cc1cccc(O)c1)C1CC1. The highest BCUT2D eigenvalue weighted by molar-refractivity contribution is 5.78. The topological polar surface area (TPSA) is 66.6 Å². The van der Waals surface area contributed by atoms with E-state index in [9.17, 15) is 9.90 Å². The van der Waals surface area contributed by atoms with Crippen LogP contribution in [0.3, 0.4) is 0 Å². The predicted molar refractivity (Wildman–Crippen MR) is 60.7 cm³/mol. The number of hydrogen-bond acceptors (Lipinski definition) is 3. The van der Waals surface area contributed by atoms with Gasteiger partial charge in [-0.05, 0) is 30.5 Å². The molecule has 0 heterocycles. The van der Waals surface area contributed by atoms with Crippen molar-refractivity contribution in [2.75, 3.05) is 6.54 Å². The fourth-order valence-electron chi connectivity index (χ4n) is 1.78. The Bertz CT molecular complexity index is 388. The number of rotatable bonds is 4. The van der Waals surface area contributed by atoms with Crippen LogP contribution in [0.25, 0.3) is 0 Å². The molecular formula is C12H16N2O2. The largest absolute Gasteiger partial charge is 0.508 e. The molecule has 1 aliphatic rings. The van der Waals surface area contributed by atoms with Crippen molar-refractivity contribution < 1.29 is 9.90 Å². The fraction of sp³-hybridized carbons (Fsp3) is 0.417. The van der Waals surface area contributed by atoms with E-state index >= 15 is 0 Å². The van der Waals surface area contributed by atoms with Crippen molar-refractivity contribution in [3.8, 4) is 5.75 Å². The maximum Gasteiger partial charge on any atom is 0.236 e. The van der Waals surface area contributed by atoms with Crippen molar-refractivity contribution >= 4 is 5.91 Å². The molecule has 0 aromatic heterocycles. The minimum absolute atomic E-state index is 0.0224. The van der Waals surface area contributed by atoms with Gasteiger partial charge in [0.2, 0.25) is 5.91 Å². The van der Waals surface area contributed by atoms with Gasteiger partial charge >= 0.3 is 0 Å². The number of nitrogens with zero attached hydrogens (tertiary/aromatic N) is 1. The molecule has 0 bridgehead atoms. The number of phenolic OH excluding ortho intramolecular Hbond substituents is 1. The van der Waals surface area contributed by atoms with Gasteiger partial charge in [-0.15, -0.1) is 0 Å². The molecule has 0 unspecified atom stereocenters. The van der Waals surface area contributed by atoms with E-state index in [1.54, 1.807) is 23.1 Å². The first kappa shape index (κ1) is 11.0. The summed E-state index contributed by atoms with van der Waals surface area (Å²) in [4.78, 5) is 13.4. The summed E-state index contributed by atoms with van der Waals surface area (Å²) in [5.41, 5.74) is 6.32. The molecule has 0 atom stereocenters. The van der Waals surface area contributed by atoms with Crippen LogP contribution in [0, 0.1) is 0 Å². The average molecular weight is 220 g/mol. The van der Waals surface area contributed by atoms with Crippen LogP contribution in [0.15, 0.2) is 24.3 Å². The molecule has 0 radical (unpaired) electrons. The first-order valence-corrected chi connectivity index (χ1v) is 5.48. The standard InChI is InChI=1S/C12H16N2O2/c13-7-12(16)14(10-4-5-10)8-9-2-1-3-11(15)6-9/h1-3,6,10,15H,4-5,7-8,13H2. The highest BCUT2D eigenvalue weighted by Gasteiger charge is 2.31. The second-order valence-electron chi connectivity index (χ2n) is 4.13. The highest BCUT2D eigenvalue weighted by atomic mass is 16.3. The van der Waals surface area contributed by atoms with Crippen LogP contribution < -0.4 is 5.73 Å². The van der Waals surface area contributed by atoms with E-state index in [0.717, 1.165) is 18.4 Å². The van der Waals surface area contributed by atoms with Crippen molar-refractivity contribution in [2.24, 2.45) is 5.73 Å². The molecule has 0 aliphatic heterocycles. The molecule has 1 fully saturated rings. The third-order valence-corrected chi connectivity index (χ3v) is 2.75. The van der Waals surface area contributed by atoms with Gasteiger partial charge in [0.05, 0.1) is 6.54 Å². The number of carbonyl (C=O) groups is 1. The molecule has 2 rings (SSSR count). The van der Waals surface area contributed by atoms with E-state index in [1.807, 2.05) is 6.07 Å². The second-order valence-corrected chi connectivity index (χ2v) is 4.13. The maximum absolute atomic E-state index is 11.6. The van der Waals surface area contributed by atoms with Crippen LogP contribution >= 0.6 is 0 Å². The van der Waals surface area contributed by atoms with Crippen LogP contribution in [0.5, 0.6) is 5.75 Å². The van der Waals surface area contributed by atoms with E-state index in [2.05, 4.69) is 0 Å². The lowest BCUT2D eigenvalue weighted by Crippen LogP contribution is -2.37. The molecule has 1 saturated carbocycles. The van der Waals surface area contributed by atoms with E-state index in [4.69, 9.17) is 5.73 Å². The molecule has 86 valence electrons. The Labute approximate surface area is 94.7 Å². The lowest BCUT2D eigenvalue weighted by atomic mass is 10.2. The molecular weight excluding hydrogens is 204 g/mol. The van der Waals surface area contributed by atoms with Gasteiger partial charge in [-0.1, -0.05) is 12.1 Å². The van der Waals surface area contributed by atoms with Gasteiger partial charge in [0.1, 0.15) is 5.75 Å². The minimum atomic E-state index is -0.0224. The van der Waals surface area contributed by atoms with Crippen LogP contribution in [0.4, 0.5) is 0 Å². The van der Waals surface area contributed by atoms with E-state index in [1.165, 1.54) is 0 Å². The molecule has 1 aromatic rings. The Morgan fingerprint density at radius 1 is 1.50 bits per heavy atom. The molecule has 4 heteroatoms. The number of phenols is 1. The Morgan fingerprint density at radius 3 is 2.81 bits per heavy atom. The van der Waals surface area contributed by atoms with Crippen molar-refractivity contribution in [1.82, 2.24) is 4.90 Å². The van der Waals surface area contributed by atoms with Crippen LogP contribution in [-0.2, 0) is 11.3 Å². The Morgan fingerprint density at radius 2 is 2.25 bits per heavy atom. The summed E-state index contributed by atoms with van der Waals surface area (Å²) in [6, 6.07) is 7.33. The van der Waals surface area contributed by atoms with Gasteiger partial charge in [-0.3, -0.25) is 4.79 Å². The lowest BCUT2D eigenvalue weighted by molar-refractivity contribution is -0.130. The first-order valence-electron chi connectivity index (χ1n) is 5.48. The normalized spacial score (nSPS) is 14.8. The molecule has 16 heavy (non-hydrogen) atoms. The number of hydrogen-bond donors (Lipinski definition) is 2. The Hall–Kier alpha value is -1.55. The van der Waals surface area contributed by atoms with Gasteiger partial charge in [0.15, 0.2) is 0 Å². The molecule has 4 nitrogen and oxygen atoms in total. The monoisotopic (exact) mass is 220 g/mol. The predicted octanol–water partition coefficient (Wildman–Crippen LogP) is 0.842. The molecule has 1 amide bonds. The van der Waals surface area contributed by atoms with Crippen molar-refractivity contribution in [1.29, 1.82) is 0 Å². The number of nitrogens with two attached hydrogens (primary N) is 1. The summed E-state index contributed by atoms with van der Waals surface area (Å²) < 4.78 is 0. The summed E-state index contributed by atoms with van der Waals surface area (Å²) in [6.07, 6.45) is 2.12. The molecule has 0 spiro atoms. The number of amides is 1. The Kier molecular flexibility index (Phi) is 3.10. The highest BCUT2D eigenvalue weighted by Crippen LogP contribution is 2.28. The quantitative estimate of drug-likeness (QED) is 0.790. The van der Waals surface area contributed by atoms with Gasteiger partial charge in [0, 0.05) is 12.6 Å². The molecule has 0 saturated heterocycles. The maximum atomic E-state index is 11.6. The van der Waals surface area contributed by atoms with Crippen LogP contribution in [-0.4, -0.2) is 28.5 Å². The molecule has 1 aromatic carbocycles. The van der Waals surface area contributed by atoms with Gasteiger partial charge in [-0.25, -0.2) is 0 Å². The minimum Gasteiger partial charge on any atom is -0.508 e. The van der Waals surface area contributed by atoms with E-state index in [0.29, 0.717) is 12.6 Å². The number of aromatic hydroxyl groups is 1. The zero-order chi connectivity index (χ0) is 11.5. The lowest BCUT2D eigenvalue weighted by Gasteiger charge is -2.21. The van der Waals surface area contributed by atoms with Crippen molar-refractivity contribution in [3.63, 3.8) is 0 Å². The summed E-state index contributed by atoms with van der Waals surface area (Å²) in [5.74, 6) is 0.208. The smallest absolute Gasteiger partial charge is 0.236 e. The average Bonchev–Trinajstić information content (AvgIpc) is 3.09. The van der Waals surface area contributed by atoms with E-state index in [-0.39, 0.29) is 18.2 Å². The third kappa shape index (κ3) is 2.52. The number of benzene rings is 1. The summed E-state index contributed by atoms with van der Waals surface area (Å²) in [6.45, 7) is 0.588. The zero-order valence-electron chi connectivity index (χ0n) is 9.10. The molecule has 3 N–H and O–H groups in total. The Balaban J connectivity index is 2.08. The second kappa shape index (κ2) is 4.53. The summed E-state index contributed by atoms with van der Waals surface area (Å²) >= 11 is 0. The van der Waals surface area contributed by atoms with Crippen LogP contribution in [0.2, 0.25) is 0 Å². The van der Waals surface area contributed by atoms with Crippen LogP contribution in [0.1, 0.15) is 18.4 Å². The summed E-state index contributed by atoms with van der Waals surface area (Å²) in [5, 5.41) is 9.35. The van der Waals surface area contributed by atoms with Crippen molar-refractivity contribution in [3.05, 3.63) is 29.8 Å². The van der Waals surface area contributed by atoms with E-state index < -0.39 is 0 Å². The first-order chi connectivity index (χ1) is 7.70. The van der Waals surface area contributed by atoms with Gasteiger partial charge in [0.25, 0.3) is 0 Å². The summed E-state index contributed by atoms with van der Waals surface area (Å²) in [7, 11) is 0. The van der Waals surface area contributed by atoms with Gasteiger partial charge in [-0.2, -0.15) is 0 Å². The fourth-order valence-corrected chi connectivity index (χ4v) is 1.78. The molecule has 1 aliphatic carbocycles. The third-order valence-electron chi connectivity index (χ3n) is 2.75. The van der Waals surface area contributed by atoms with Crippen molar-refractivity contribution in [2.45, 2.75) is 25.4 Å². The zero-order valence-corrected chi connectivity index (χ0v) is 9.10. The van der Waals surface area contributed by atoms with Gasteiger partial charge < -0.3 is 15.7 Å².